The van der Waals surface area contributed by atoms with Crippen LogP contribution in [0.5, 0.6) is 0 Å². The predicted octanol–water partition coefficient (Wildman–Crippen LogP) is 2.51. The van der Waals surface area contributed by atoms with Crippen LogP contribution in [-0.2, 0) is 16.4 Å². The fraction of sp³-hybridized carbons (Fsp3) is 0.533. The zero-order chi connectivity index (χ0) is 16.2. The first-order valence-electron chi connectivity index (χ1n) is 7.26. The molecule has 2 rings (SSSR count). The second kappa shape index (κ2) is 9.22. The van der Waals surface area contributed by atoms with Crippen molar-refractivity contribution in [2.45, 2.75) is 13.0 Å². The van der Waals surface area contributed by atoms with E-state index in [1.165, 1.54) is 5.56 Å². The summed E-state index contributed by atoms with van der Waals surface area (Å²) in [6.07, 6.45) is 0.739. The Bertz CT molecular complexity index is 635. The highest BCUT2D eigenvalue weighted by molar-refractivity contribution is 14.0. The molecule has 1 aliphatic heterocycles. The van der Waals surface area contributed by atoms with Gasteiger partial charge in [0.2, 0.25) is 0 Å². The van der Waals surface area contributed by atoms with Gasteiger partial charge in [-0.05, 0) is 30.0 Å². The van der Waals surface area contributed by atoms with Gasteiger partial charge >= 0.3 is 0 Å². The summed E-state index contributed by atoms with van der Waals surface area (Å²) in [6.45, 7) is 1.40. The summed E-state index contributed by atoms with van der Waals surface area (Å²) in [5, 5.41) is 3.28. The van der Waals surface area contributed by atoms with Gasteiger partial charge < -0.3 is 10.2 Å². The van der Waals surface area contributed by atoms with Gasteiger partial charge in [0.1, 0.15) is 0 Å². The molecule has 1 aliphatic rings. The van der Waals surface area contributed by atoms with E-state index in [9.17, 15) is 8.42 Å². The van der Waals surface area contributed by atoms with Crippen LogP contribution >= 0.6 is 39.9 Å². The first-order valence-corrected chi connectivity index (χ1v) is 9.88. The van der Waals surface area contributed by atoms with E-state index in [2.05, 4.69) is 38.4 Å². The highest BCUT2D eigenvalue weighted by Gasteiger charge is 2.27. The summed E-state index contributed by atoms with van der Waals surface area (Å²) in [5.41, 5.74) is 1.19. The van der Waals surface area contributed by atoms with Crippen LogP contribution in [0.25, 0.3) is 0 Å². The summed E-state index contributed by atoms with van der Waals surface area (Å²) in [6, 6.07) is 8.17. The maximum atomic E-state index is 11.5. The van der Waals surface area contributed by atoms with Gasteiger partial charge in [0.15, 0.2) is 15.8 Å². The quantitative estimate of drug-likeness (QED) is 0.380. The van der Waals surface area contributed by atoms with Crippen LogP contribution in [0.1, 0.15) is 12.0 Å². The Labute approximate surface area is 164 Å². The van der Waals surface area contributed by atoms with E-state index in [1.807, 2.05) is 24.1 Å². The van der Waals surface area contributed by atoms with Crippen LogP contribution in [0.3, 0.4) is 0 Å². The molecule has 0 saturated carbocycles. The largest absolute Gasteiger partial charge is 0.356 e. The lowest BCUT2D eigenvalue weighted by Gasteiger charge is -2.23. The zero-order valence-electron chi connectivity index (χ0n) is 13.3. The van der Waals surface area contributed by atoms with Crippen molar-refractivity contribution in [2.75, 3.05) is 32.1 Å². The zero-order valence-corrected chi connectivity index (χ0v) is 18.1. The Morgan fingerprint density at radius 1 is 1.39 bits per heavy atom. The number of benzene rings is 1. The SMILES string of the molecule is CN=C(NCC1CCS(=O)(=O)C1)N(C)Cc1ccc(Br)cc1.I. The van der Waals surface area contributed by atoms with Gasteiger partial charge in [-0.2, -0.15) is 0 Å². The van der Waals surface area contributed by atoms with Gasteiger partial charge in [0.25, 0.3) is 0 Å². The summed E-state index contributed by atoms with van der Waals surface area (Å²) < 4.78 is 24.0. The molecule has 1 fully saturated rings. The molecule has 0 bridgehead atoms. The predicted molar refractivity (Wildman–Crippen MR) is 109 cm³/mol. The molecule has 1 unspecified atom stereocenters. The molecule has 1 aromatic carbocycles. The number of hydrogen-bond acceptors (Lipinski definition) is 3. The molecule has 5 nitrogen and oxygen atoms in total. The molecule has 0 radical (unpaired) electrons. The number of sulfone groups is 1. The minimum Gasteiger partial charge on any atom is -0.356 e. The molecule has 130 valence electrons. The molecule has 8 heteroatoms. The van der Waals surface area contributed by atoms with Crippen LogP contribution in [0.2, 0.25) is 0 Å². The Kier molecular flexibility index (Phi) is 8.29. The fourth-order valence-electron chi connectivity index (χ4n) is 2.59. The standard InChI is InChI=1S/C15H22BrN3O2S.HI/c1-17-15(18-9-13-7-8-22(20,21)11-13)19(2)10-12-3-5-14(16)6-4-12;/h3-6,13H,7-11H2,1-2H3,(H,17,18);1H. The monoisotopic (exact) mass is 515 g/mol. The highest BCUT2D eigenvalue weighted by atomic mass is 127. The fourth-order valence-corrected chi connectivity index (χ4v) is 4.72. The third kappa shape index (κ3) is 6.58. The minimum atomic E-state index is -2.82. The average molecular weight is 516 g/mol. The van der Waals surface area contributed by atoms with Crippen molar-refractivity contribution < 1.29 is 8.42 Å². The van der Waals surface area contributed by atoms with Gasteiger partial charge in [-0.15, -0.1) is 24.0 Å². The number of nitrogens with one attached hydrogen (secondary N) is 1. The van der Waals surface area contributed by atoms with E-state index in [4.69, 9.17) is 0 Å². The third-order valence-corrected chi connectivity index (χ3v) is 6.15. The van der Waals surface area contributed by atoms with Crippen molar-refractivity contribution in [2.24, 2.45) is 10.9 Å². The van der Waals surface area contributed by atoms with Gasteiger partial charge in [-0.3, -0.25) is 4.99 Å². The molecule has 1 aromatic rings. The van der Waals surface area contributed by atoms with Gasteiger partial charge in [-0.25, -0.2) is 8.42 Å². The maximum Gasteiger partial charge on any atom is 0.193 e. The molecule has 23 heavy (non-hydrogen) atoms. The van der Waals surface area contributed by atoms with E-state index in [0.29, 0.717) is 12.3 Å². The molecular formula is C15H23BrIN3O2S. The first kappa shape index (κ1) is 20.7. The second-order valence-electron chi connectivity index (χ2n) is 5.68. The van der Waals surface area contributed by atoms with Crippen LogP contribution in [-0.4, -0.2) is 51.4 Å². The smallest absolute Gasteiger partial charge is 0.193 e. The second-order valence-corrected chi connectivity index (χ2v) is 8.82. The lowest BCUT2D eigenvalue weighted by Crippen LogP contribution is -2.40. The lowest BCUT2D eigenvalue weighted by atomic mass is 10.1. The molecule has 0 spiro atoms. The van der Waals surface area contributed by atoms with E-state index < -0.39 is 9.84 Å². The maximum absolute atomic E-state index is 11.5. The number of guanidine groups is 1. The van der Waals surface area contributed by atoms with Crippen molar-refractivity contribution in [1.82, 2.24) is 10.2 Å². The summed E-state index contributed by atoms with van der Waals surface area (Å²) >= 11 is 3.43. The molecule has 0 aliphatic carbocycles. The third-order valence-electron chi connectivity index (χ3n) is 3.78. The first-order chi connectivity index (χ1) is 10.4. The Morgan fingerprint density at radius 2 is 2.04 bits per heavy atom. The van der Waals surface area contributed by atoms with Crippen molar-refractivity contribution in [3.05, 3.63) is 34.3 Å². The van der Waals surface area contributed by atoms with Crippen LogP contribution in [0, 0.1) is 5.92 Å². The summed E-state index contributed by atoms with van der Waals surface area (Å²) in [7, 11) is 0.896. The minimum absolute atomic E-state index is 0. The van der Waals surface area contributed by atoms with Crippen molar-refractivity contribution in [3.8, 4) is 0 Å². The van der Waals surface area contributed by atoms with Gasteiger partial charge in [0, 0.05) is 31.7 Å². The van der Waals surface area contributed by atoms with Gasteiger partial charge in [-0.1, -0.05) is 28.1 Å². The van der Waals surface area contributed by atoms with Crippen molar-refractivity contribution in [3.63, 3.8) is 0 Å². The number of rotatable bonds is 4. The highest BCUT2D eigenvalue weighted by Crippen LogP contribution is 2.17. The van der Waals surface area contributed by atoms with Crippen LogP contribution in [0.4, 0.5) is 0 Å². The lowest BCUT2D eigenvalue weighted by molar-refractivity contribution is 0.463. The van der Waals surface area contributed by atoms with E-state index in [1.54, 1.807) is 7.05 Å². The number of hydrogen-bond donors (Lipinski definition) is 1. The summed E-state index contributed by atoms with van der Waals surface area (Å²) in [4.78, 5) is 6.31. The van der Waals surface area contributed by atoms with E-state index >= 15 is 0 Å². The number of nitrogens with zero attached hydrogens (tertiary/aromatic N) is 2. The molecule has 1 heterocycles. The molecular weight excluding hydrogens is 493 g/mol. The molecule has 0 aromatic heterocycles. The average Bonchev–Trinajstić information content (AvgIpc) is 2.81. The molecule has 1 saturated heterocycles. The normalized spacial score (nSPS) is 20.0. The molecule has 0 amide bonds. The van der Waals surface area contributed by atoms with E-state index in [0.717, 1.165) is 23.4 Å². The Morgan fingerprint density at radius 3 is 2.57 bits per heavy atom. The van der Waals surface area contributed by atoms with E-state index in [-0.39, 0.29) is 35.6 Å². The Balaban J connectivity index is 0.00000264. The van der Waals surface area contributed by atoms with Crippen LogP contribution < -0.4 is 5.32 Å². The van der Waals surface area contributed by atoms with Crippen molar-refractivity contribution >= 4 is 55.7 Å². The summed E-state index contributed by atoms with van der Waals surface area (Å²) in [5.74, 6) is 1.56. The van der Waals surface area contributed by atoms with Crippen molar-refractivity contribution in [1.29, 1.82) is 0 Å². The number of halogens is 2. The van der Waals surface area contributed by atoms with Crippen LogP contribution in [0.15, 0.2) is 33.7 Å². The Hall–Kier alpha value is -0.350. The number of aliphatic imine (C=N–C) groups is 1. The molecule has 1 atom stereocenters. The van der Waals surface area contributed by atoms with Gasteiger partial charge in [0.05, 0.1) is 11.5 Å². The molecule has 1 N–H and O–H groups in total. The topological polar surface area (TPSA) is 61.8 Å².